The molecule has 1 aliphatic heterocycles. The zero-order valence-corrected chi connectivity index (χ0v) is 12.3. The number of anilines is 1. The normalized spacial score (nSPS) is 14.8. The summed E-state index contributed by atoms with van der Waals surface area (Å²) in [6.45, 7) is 3.83. The maximum absolute atomic E-state index is 12.0. The summed E-state index contributed by atoms with van der Waals surface area (Å²) in [6.07, 6.45) is 1.30. The Morgan fingerprint density at radius 2 is 2.24 bits per heavy atom. The van der Waals surface area contributed by atoms with Crippen LogP contribution in [-0.4, -0.2) is 29.6 Å². The molecule has 0 spiro atoms. The molecule has 0 saturated carbocycles. The minimum Gasteiger partial charge on any atom is -0.361 e. The molecular formula is C16H19N3O2. The van der Waals surface area contributed by atoms with E-state index in [1.807, 2.05) is 13.0 Å². The Labute approximate surface area is 123 Å². The number of carbonyl (C=O) groups excluding carboxylic acids is 1. The van der Waals surface area contributed by atoms with Crippen LogP contribution in [0.2, 0.25) is 0 Å². The first kappa shape index (κ1) is 13.8. The Kier molecular flexibility index (Phi) is 3.75. The third-order valence-corrected chi connectivity index (χ3v) is 3.71. The van der Waals surface area contributed by atoms with Crippen LogP contribution in [0.15, 0.2) is 28.8 Å². The molecule has 0 radical (unpaired) electrons. The molecule has 1 amide bonds. The van der Waals surface area contributed by atoms with Crippen LogP contribution in [0.5, 0.6) is 0 Å². The molecule has 1 aromatic carbocycles. The molecule has 1 N–H and O–H groups in total. The van der Waals surface area contributed by atoms with Crippen LogP contribution in [0.25, 0.3) is 0 Å². The molecule has 3 rings (SSSR count). The fourth-order valence-electron chi connectivity index (χ4n) is 2.65. The molecule has 0 fully saturated rings. The third kappa shape index (κ3) is 3.31. The van der Waals surface area contributed by atoms with Crippen LogP contribution in [0.4, 0.5) is 5.69 Å². The van der Waals surface area contributed by atoms with Crippen LogP contribution in [0, 0.1) is 6.92 Å². The number of aryl methyl sites for hydroxylation is 1. The van der Waals surface area contributed by atoms with E-state index in [0.29, 0.717) is 5.69 Å². The summed E-state index contributed by atoms with van der Waals surface area (Å²) in [5.41, 5.74) is 4.16. The van der Waals surface area contributed by atoms with Crippen molar-refractivity contribution < 1.29 is 9.32 Å². The van der Waals surface area contributed by atoms with Crippen molar-refractivity contribution in [1.29, 1.82) is 0 Å². The molecule has 1 aromatic heterocycles. The zero-order valence-electron chi connectivity index (χ0n) is 12.3. The highest BCUT2D eigenvalue weighted by molar-refractivity contribution is 5.92. The summed E-state index contributed by atoms with van der Waals surface area (Å²) in [7, 11) is 2.11. The first-order valence-corrected chi connectivity index (χ1v) is 7.12. The number of fused-ring (bicyclic) bond motifs is 1. The molecule has 1 aliphatic rings. The molecule has 2 aromatic rings. The van der Waals surface area contributed by atoms with E-state index in [1.54, 1.807) is 6.07 Å². The predicted octanol–water partition coefficient (Wildman–Crippen LogP) is 2.15. The van der Waals surface area contributed by atoms with Gasteiger partial charge in [-0.05, 0) is 43.7 Å². The van der Waals surface area contributed by atoms with Gasteiger partial charge in [-0.15, -0.1) is 0 Å². The molecule has 110 valence electrons. The lowest BCUT2D eigenvalue weighted by molar-refractivity contribution is -0.115. The molecule has 5 heteroatoms. The summed E-state index contributed by atoms with van der Waals surface area (Å²) in [4.78, 5) is 14.3. The SMILES string of the molecule is Cc1cc(CC(=O)Nc2ccc3c(c2)CN(C)CC3)no1. The van der Waals surface area contributed by atoms with Gasteiger partial charge in [0, 0.05) is 24.8 Å². The van der Waals surface area contributed by atoms with Gasteiger partial charge in [0.2, 0.25) is 5.91 Å². The second-order valence-electron chi connectivity index (χ2n) is 5.63. The molecule has 0 aliphatic carbocycles. The van der Waals surface area contributed by atoms with E-state index < -0.39 is 0 Å². The number of amides is 1. The van der Waals surface area contributed by atoms with E-state index in [1.165, 1.54) is 11.1 Å². The van der Waals surface area contributed by atoms with E-state index in [9.17, 15) is 4.79 Å². The Morgan fingerprint density at radius 1 is 1.38 bits per heavy atom. The average molecular weight is 285 g/mol. The Bertz CT molecular complexity index is 663. The molecular weight excluding hydrogens is 266 g/mol. The smallest absolute Gasteiger partial charge is 0.230 e. The van der Waals surface area contributed by atoms with Crippen molar-refractivity contribution in [3.63, 3.8) is 0 Å². The van der Waals surface area contributed by atoms with Crippen molar-refractivity contribution in [3.05, 3.63) is 46.8 Å². The molecule has 0 bridgehead atoms. The van der Waals surface area contributed by atoms with Crippen molar-refractivity contribution in [3.8, 4) is 0 Å². The van der Waals surface area contributed by atoms with Gasteiger partial charge in [-0.2, -0.15) is 0 Å². The summed E-state index contributed by atoms with van der Waals surface area (Å²) in [6, 6.07) is 7.92. The van der Waals surface area contributed by atoms with Crippen molar-refractivity contribution in [2.75, 3.05) is 18.9 Å². The van der Waals surface area contributed by atoms with E-state index in [4.69, 9.17) is 4.52 Å². The number of nitrogens with one attached hydrogen (secondary N) is 1. The first-order valence-electron chi connectivity index (χ1n) is 7.12. The van der Waals surface area contributed by atoms with Crippen molar-refractivity contribution >= 4 is 11.6 Å². The second-order valence-corrected chi connectivity index (χ2v) is 5.63. The summed E-state index contributed by atoms with van der Waals surface area (Å²) in [5.74, 6) is 0.641. The number of benzene rings is 1. The number of carbonyl (C=O) groups is 1. The number of hydrogen-bond donors (Lipinski definition) is 1. The lowest BCUT2D eigenvalue weighted by Crippen LogP contribution is -2.26. The molecule has 0 saturated heterocycles. The van der Waals surface area contributed by atoms with Gasteiger partial charge in [-0.3, -0.25) is 4.79 Å². The fraction of sp³-hybridized carbons (Fsp3) is 0.375. The maximum Gasteiger partial charge on any atom is 0.230 e. The van der Waals surface area contributed by atoms with Crippen LogP contribution >= 0.6 is 0 Å². The summed E-state index contributed by atoms with van der Waals surface area (Å²) >= 11 is 0. The highest BCUT2D eigenvalue weighted by Gasteiger charge is 2.14. The van der Waals surface area contributed by atoms with E-state index in [-0.39, 0.29) is 12.3 Å². The Balaban J connectivity index is 1.67. The fourth-order valence-corrected chi connectivity index (χ4v) is 2.65. The quantitative estimate of drug-likeness (QED) is 0.939. The molecule has 0 atom stereocenters. The number of hydrogen-bond acceptors (Lipinski definition) is 4. The second kappa shape index (κ2) is 5.69. The minimum atomic E-state index is -0.0765. The van der Waals surface area contributed by atoms with Crippen LogP contribution in [-0.2, 0) is 24.2 Å². The largest absolute Gasteiger partial charge is 0.361 e. The lowest BCUT2D eigenvalue weighted by atomic mass is 9.99. The summed E-state index contributed by atoms with van der Waals surface area (Å²) in [5, 5.41) is 6.76. The number of nitrogens with zero attached hydrogens (tertiary/aromatic N) is 2. The monoisotopic (exact) mass is 285 g/mol. The van der Waals surface area contributed by atoms with Gasteiger partial charge in [-0.25, -0.2) is 0 Å². The van der Waals surface area contributed by atoms with Gasteiger partial charge in [0.15, 0.2) is 0 Å². The Hall–Kier alpha value is -2.14. The number of likely N-dealkylation sites (N-methyl/N-ethyl adjacent to an activating group) is 1. The van der Waals surface area contributed by atoms with Gasteiger partial charge in [0.25, 0.3) is 0 Å². The molecule has 2 heterocycles. The topological polar surface area (TPSA) is 58.4 Å². The molecule has 5 nitrogen and oxygen atoms in total. The minimum absolute atomic E-state index is 0.0765. The third-order valence-electron chi connectivity index (χ3n) is 3.71. The van der Waals surface area contributed by atoms with Gasteiger partial charge >= 0.3 is 0 Å². The highest BCUT2D eigenvalue weighted by atomic mass is 16.5. The van der Waals surface area contributed by atoms with Gasteiger partial charge in [0.1, 0.15) is 5.76 Å². The van der Waals surface area contributed by atoms with Crippen molar-refractivity contribution in [2.24, 2.45) is 0 Å². The molecule has 0 unspecified atom stereocenters. The Morgan fingerprint density at radius 3 is 3.00 bits per heavy atom. The standard InChI is InChI=1S/C16H19N3O2/c1-11-7-15(18-21-11)9-16(20)17-14-4-3-12-5-6-19(2)10-13(12)8-14/h3-4,7-8H,5-6,9-10H2,1-2H3,(H,17,20). The highest BCUT2D eigenvalue weighted by Crippen LogP contribution is 2.22. The van der Waals surface area contributed by atoms with E-state index in [0.717, 1.165) is 31.0 Å². The van der Waals surface area contributed by atoms with Gasteiger partial charge < -0.3 is 14.7 Å². The molecule has 21 heavy (non-hydrogen) atoms. The number of aromatic nitrogens is 1. The predicted molar refractivity (Wildman–Crippen MR) is 80.1 cm³/mol. The van der Waals surface area contributed by atoms with Gasteiger partial charge in [0.05, 0.1) is 12.1 Å². The van der Waals surface area contributed by atoms with E-state index >= 15 is 0 Å². The number of rotatable bonds is 3. The van der Waals surface area contributed by atoms with Crippen LogP contribution in [0.3, 0.4) is 0 Å². The van der Waals surface area contributed by atoms with Gasteiger partial charge in [-0.1, -0.05) is 11.2 Å². The van der Waals surface area contributed by atoms with Crippen LogP contribution in [0.1, 0.15) is 22.6 Å². The first-order chi connectivity index (χ1) is 10.1. The zero-order chi connectivity index (χ0) is 14.8. The maximum atomic E-state index is 12.0. The van der Waals surface area contributed by atoms with Crippen molar-refractivity contribution in [2.45, 2.75) is 26.3 Å². The van der Waals surface area contributed by atoms with E-state index in [2.05, 4.69) is 34.6 Å². The van der Waals surface area contributed by atoms with Crippen molar-refractivity contribution in [1.82, 2.24) is 10.1 Å². The average Bonchev–Trinajstić information content (AvgIpc) is 2.83. The van der Waals surface area contributed by atoms with Crippen LogP contribution < -0.4 is 5.32 Å². The lowest BCUT2D eigenvalue weighted by Gasteiger charge is -2.25. The summed E-state index contributed by atoms with van der Waals surface area (Å²) < 4.78 is 4.97.